The molecular weight excluding hydrogens is 268 g/mol. The fraction of sp³-hybridized carbons (Fsp3) is 0.333. The van der Waals surface area contributed by atoms with Gasteiger partial charge in [-0.15, -0.1) is 0 Å². The number of anilines is 1. The van der Waals surface area contributed by atoms with Gasteiger partial charge in [0.2, 0.25) is 5.91 Å². The Kier molecular flexibility index (Phi) is 4.72. The van der Waals surface area contributed by atoms with E-state index in [9.17, 15) is 4.79 Å². The Hall–Kier alpha value is -2.18. The van der Waals surface area contributed by atoms with Crippen LogP contribution in [0.15, 0.2) is 30.3 Å². The summed E-state index contributed by atoms with van der Waals surface area (Å²) in [5.41, 5.74) is 8.97. The molecule has 21 heavy (non-hydrogen) atoms. The van der Waals surface area contributed by atoms with Crippen LogP contribution >= 0.6 is 0 Å². The maximum atomic E-state index is 12.0. The van der Waals surface area contributed by atoms with Crippen LogP contribution in [0.1, 0.15) is 11.4 Å². The van der Waals surface area contributed by atoms with Crippen LogP contribution in [-0.2, 0) is 9.53 Å². The number of carbonyl (C=O) groups excluding carboxylic acids is 1. The monoisotopic (exact) mass is 288 g/mol. The van der Waals surface area contributed by atoms with Gasteiger partial charge in [-0.25, -0.2) is 4.68 Å². The highest BCUT2D eigenvalue weighted by atomic mass is 16.5. The molecule has 3 N–H and O–H groups in total. The molecule has 1 aromatic carbocycles. The number of para-hydroxylation sites is 1. The van der Waals surface area contributed by atoms with E-state index in [1.807, 2.05) is 44.2 Å². The molecule has 2 rings (SSSR count). The van der Waals surface area contributed by atoms with Crippen molar-refractivity contribution in [2.24, 2.45) is 5.73 Å². The Morgan fingerprint density at radius 2 is 2.05 bits per heavy atom. The minimum Gasteiger partial charge on any atom is -0.383 e. The average Bonchev–Trinajstić information content (AvgIpc) is 2.76. The summed E-state index contributed by atoms with van der Waals surface area (Å²) in [5, 5.41) is 7.29. The van der Waals surface area contributed by atoms with E-state index in [1.165, 1.54) is 7.11 Å². The lowest BCUT2D eigenvalue weighted by Crippen LogP contribution is -2.39. The summed E-state index contributed by atoms with van der Waals surface area (Å²) in [4.78, 5) is 12.0. The number of benzene rings is 1. The smallest absolute Gasteiger partial charge is 0.243 e. The molecule has 0 aliphatic heterocycles. The minimum absolute atomic E-state index is 0.177. The Morgan fingerprint density at radius 1 is 1.38 bits per heavy atom. The molecular formula is C15H20N4O2. The number of methoxy groups -OCH3 is 1. The van der Waals surface area contributed by atoms with Gasteiger partial charge < -0.3 is 15.8 Å². The molecule has 1 heterocycles. The molecule has 0 aliphatic rings. The number of hydrogen-bond donors (Lipinski definition) is 2. The Labute approximate surface area is 123 Å². The molecule has 2 aromatic rings. The zero-order chi connectivity index (χ0) is 15.4. The fourth-order valence-electron chi connectivity index (χ4n) is 2.12. The van der Waals surface area contributed by atoms with Gasteiger partial charge in [0.25, 0.3) is 0 Å². The third kappa shape index (κ3) is 3.29. The molecule has 0 spiro atoms. The Morgan fingerprint density at radius 3 is 2.67 bits per heavy atom. The highest BCUT2D eigenvalue weighted by molar-refractivity contribution is 5.95. The van der Waals surface area contributed by atoms with Crippen molar-refractivity contribution in [3.8, 4) is 5.69 Å². The molecule has 112 valence electrons. The summed E-state index contributed by atoms with van der Waals surface area (Å²) in [7, 11) is 1.51. The van der Waals surface area contributed by atoms with Gasteiger partial charge in [-0.1, -0.05) is 18.2 Å². The number of ether oxygens (including phenoxy) is 1. The van der Waals surface area contributed by atoms with Crippen LogP contribution in [0, 0.1) is 13.8 Å². The number of nitrogens with two attached hydrogens (primary N) is 1. The summed E-state index contributed by atoms with van der Waals surface area (Å²) < 4.78 is 6.69. The summed E-state index contributed by atoms with van der Waals surface area (Å²) in [6.07, 6.45) is 0. The van der Waals surface area contributed by atoms with E-state index in [0.29, 0.717) is 5.69 Å². The van der Waals surface area contributed by atoms with Gasteiger partial charge in [0.1, 0.15) is 6.04 Å². The second-order valence-corrected chi connectivity index (χ2v) is 4.84. The summed E-state index contributed by atoms with van der Waals surface area (Å²) in [6, 6.07) is 9.05. The van der Waals surface area contributed by atoms with E-state index in [2.05, 4.69) is 10.4 Å². The fourth-order valence-corrected chi connectivity index (χ4v) is 2.12. The van der Waals surface area contributed by atoms with Crippen LogP contribution in [0.2, 0.25) is 0 Å². The predicted octanol–water partition coefficient (Wildman–Crippen LogP) is 1.40. The van der Waals surface area contributed by atoms with Crippen molar-refractivity contribution in [1.29, 1.82) is 0 Å². The number of aryl methyl sites for hydroxylation is 1. The number of carbonyl (C=O) groups is 1. The summed E-state index contributed by atoms with van der Waals surface area (Å²) in [5.74, 6) is -0.282. The lowest BCUT2D eigenvalue weighted by Gasteiger charge is -2.11. The lowest BCUT2D eigenvalue weighted by atomic mass is 10.2. The molecule has 0 saturated heterocycles. The van der Waals surface area contributed by atoms with Gasteiger partial charge in [0.15, 0.2) is 0 Å². The molecule has 0 radical (unpaired) electrons. The molecule has 0 fully saturated rings. The van der Waals surface area contributed by atoms with Crippen LogP contribution in [0.5, 0.6) is 0 Å². The maximum absolute atomic E-state index is 12.0. The van der Waals surface area contributed by atoms with Crippen molar-refractivity contribution in [2.45, 2.75) is 19.9 Å². The molecule has 1 atom stereocenters. The topological polar surface area (TPSA) is 82.2 Å². The predicted molar refractivity (Wildman–Crippen MR) is 81.5 cm³/mol. The first-order valence-corrected chi connectivity index (χ1v) is 6.71. The molecule has 1 aromatic heterocycles. The van der Waals surface area contributed by atoms with Crippen molar-refractivity contribution in [1.82, 2.24) is 9.78 Å². The van der Waals surface area contributed by atoms with E-state index in [0.717, 1.165) is 17.1 Å². The summed E-state index contributed by atoms with van der Waals surface area (Å²) >= 11 is 0. The highest BCUT2D eigenvalue weighted by Gasteiger charge is 2.18. The zero-order valence-corrected chi connectivity index (χ0v) is 12.5. The van der Waals surface area contributed by atoms with Crippen LogP contribution in [0.4, 0.5) is 5.69 Å². The van der Waals surface area contributed by atoms with Gasteiger partial charge in [-0.2, -0.15) is 5.10 Å². The van der Waals surface area contributed by atoms with Gasteiger partial charge in [0.05, 0.1) is 29.4 Å². The van der Waals surface area contributed by atoms with Gasteiger partial charge in [0, 0.05) is 7.11 Å². The largest absolute Gasteiger partial charge is 0.383 e. The summed E-state index contributed by atoms with van der Waals surface area (Å²) in [6.45, 7) is 3.94. The van der Waals surface area contributed by atoms with Gasteiger partial charge in [-0.3, -0.25) is 4.79 Å². The van der Waals surface area contributed by atoms with Crippen LogP contribution in [0.25, 0.3) is 5.69 Å². The maximum Gasteiger partial charge on any atom is 0.243 e. The van der Waals surface area contributed by atoms with Crippen molar-refractivity contribution >= 4 is 11.6 Å². The van der Waals surface area contributed by atoms with Gasteiger partial charge in [-0.05, 0) is 26.0 Å². The number of aromatic nitrogens is 2. The van der Waals surface area contributed by atoms with Crippen LogP contribution in [-0.4, -0.2) is 35.4 Å². The number of amides is 1. The lowest BCUT2D eigenvalue weighted by molar-refractivity contribution is -0.118. The van der Waals surface area contributed by atoms with Crippen LogP contribution in [0.3, 0.4) is 0 Å². The van der Waals surface area contributed by atoms with Crippen molar-refractivity contribution in [3.63, 3.8) is 0 Å². The van der Waals surface area contributed by atoms with Crippen molar-refractivity contribution in [3.05, 3.63) is 41.7 Å². The highest BCUT2D eigenvalue weighted by Crippen LogP contribution is 2.22. The first kappa shape index (κ1) is 15.2. The van der Waals surface area contributed by atoms with Crippen molar-refractivity contribution in [2.75, 3.05) is 19.0 Å². The molecule has 0 bridgehead atoms. The third-order valence-electron chi connectivity index (χ3n) is 3.22. The standard InChI is InChI=1S/C15H20N4O2/c1-10-14(17-15(20)13(16)9-21-3)11(2)19(18-10)12-7-5-4-6-8-12/h4-8,13H,9,16H2,1-3H3,(H,17,20). The van der Waals surface area contributed by atoms with Gasteiger partial charge >= 0.3 is 0 Å². The second kappa shape index (κ2) is 6.51. The molecule has 0 aliphatic carbocycles. The molecule has 1 unspecified atom stereocenters. The molecule has 6 nitrogen and oxygen atoms in total. The van der Waals surface area contributed by atoms with Crippen molar-refractivity contribution < 1.29 is 9.53 Å². The van der Waals surface area contributed by atoms with E-state index >= 15 is 0 Å². The number of nitrogens with zero attached hydrogens (tertiary/aromatic N) is 2. The normalized spacial score (nSPS) is 12.2. The van der Waals surface area contributed by atoms with Crippen LogP contribution < -0.4 is 11.1 Å². The second-order valence-electron chi connectivity index (χ2n) is 4.84. The zero-order valence-electron chi connectivity index (χ0n) is 12.5. The quantitative estimate of drug-likeness (QED) is 0.871. The number of hydrogen-bond acceptors (Lipinski definition) is 4. The van der Waals surface area contributed by atoms with E-state index in [-0.39, 0.29) is 12.5 Å². The Balaban J connectivity index is 2.26. The minimum atomic E-state index is -0.700. The number of rotatable bonds is 5. The molecule has 6 heteroatoms. The third-order valence-corrected chi connectivity index (χ3v) is 3.22. The van der Waals surface area contributed by atoms with E-state index < -0.39 is 6.04 Å². The Bertz CT molecular complexity index is 622. The first-order valence-electron chi connectivity index (χ1n) is 6.71. The molecule has 1 amide bonds. The van der Waals surface area contributed by atoms with E-state index in [4.69, 9.17) is 10.5 Å². The molecule has 0 saturated carbocycles. The first-order chi connectivity index (χ1) is 10.0. The number of nitrogens with one attached hydrogen (secondary N) is 1. The SMILES string of the molecule is COCC(N)C(=O)Nc1c(C)nn(-c2ccccc2)c1C. The average molecular weight is 288 g/mol. The van der Waals surface area contributed by atoms with E-state index in [1.54, 1.807) is 4.68 Å².